The van der Waals surface area contributed by atoms with Crippen molar-refractivity contribution in [3.8, 4) is 23.3 Å². The molecule has 3 aromatic rings. The fraction of sp³-hybridized carbons (Fsp3) is 0.154. The van der Waals surface area contributed by atoms with Gasteiger partial charge in [-0.25, -0.2) is 0 Å². The van der Waals surface area contributed by atoms with Crippen LogP contribution in [-0.2, 0) is 17.9 Å². The van der Waals surface area contributed by atoms with Crippen LogP contribution in [0.3, 0.4) is 0 Å². The number of ether oxygens (including phenoxy) is 3. The predicted molar refractivity (Wildman–Crippen MR) is 140 cm³/mol. The van der Waals surface area contributed by atoms with E-state index in [1.54, 1.807) is 37.4 Å². The summed E-state index contributed by atoms with van der Waals surface area (Å²) in [4.78, 5) is 12.6. The van der Waals surface area contributed by atoms with Crippen molar-refractivity contribution < 1.29 is 19.0 Å². The van der Waals surface area contributed by atoms with E-state index < -0.39 is 5.91 Å². The molecule has 0 aliphatic rings. The van der Waals surface area contributed by atoms with Gasteiger partial charge in [0.25, 0.3) is 5.91 Å². The first-order valence-electron chi connectivity index (χ1n) is 10.3. The maximum absolute atomic E-state index is 12.6. The highest BCUT2D eigenvalue weighted by atomic mass is 79.9. The monoisotopic (exact) mass is 574 g/mol. The van der Waals surface area contributed by atoms with E-state index in [0.717, 1.165) is 15.6 Å². The number of hydrogen-bond donors (Lipinski definition) is 1. The first-order chi connectivity index (χ1) is 16.8. The Hall–Kier alpha value is -3.18. The summed E-state index contributed by atoms with van der Waals surface area (Å²) in [7, 11) is 3.08. The number of nitrogens with zero attached hydrogens (tertiary/aromatic N) is 1. The average molecular weight is 576 g/mol. The molecule has 180 valence electrons. The van der Waals surface area contributed by atoms with Gasteiger partial charge in [0.2, 0.25) is 0 Å². The second-order valence-corrected chi connectivity index (χ2v) is 8.99. The molecule has 0 aliphatic carbocycles. The first kappa shape index (κ1) is 26.4. The molecule has 0 aromatic heterocycles. The summed E-state index contributed by atoms with van der Waals surface area (Å²) in [6.07, 6.45) is 1.41. The van der Waals surface area contributed by atoms with Gasteiger partial charge in [-0.05, 0) is 53.6 Å². The maximum Gasteiger partial charge on any atom is 0.262 e. The summed E-state index contributed by atoms with van der Waals surface area (Å²) in [5.41, 5.74) is 2.07. The van der Waals surface area contributed by atoms with Crippen molar-refractivity contribution in [2.45, 2.75) is 13.2 Å². The molecule has 0 radical (unpaired) electrons. The van der Waals surface area contributed by atoms with E-state index in [1.165, 1.54) is 13.2 Å². The smallest absolute Gasteiger partial charge is 0.262 e. The zero-order valence-corrected chi connectivity index (χ0v) is 22.0. The number of hydrogen-bond acceptors (Lipinski definition) is 5. The highest BCUT2D eigenvalue weighted by Gasteiger charge is 2.14. The van der Waals surface area contributed by atoms with Crippen LogP contribution in [0, 0.1) is 11.3 Å². The Balaban J connectivity index is 1.71. The Bertz CT molecular complexity index is 1260. The summed E-state index contributed by atoms with van der Waals surface area (Å²) < 4.78 is 17.3. The van der Waals surface area contributed by atoms with Crippen LogP contribution < -0.4 is 19.5 Å². The fourth-order valence-electron chi connectivity index (χ4n) is 3.12. The molecule has 1 amide bonds. The first-order valence-corrected chi connectivity index (χ1v) is 11.9. The molecule has 9 heteroatoms. The largest absolute Gasteiger partial charge is 0.497 e. The van der Waals surface area contributed by atoms with Gasteiger partial charge in [0, 0.05) is 22.6 Å². The summed E-state index contributed by atoms with van der Waals surface area (Å²) in [5, 5.41) is 12.8. The van der Waals surface area contributed by atoms with Crippen LogP contribution in [0.1, 0.15) is 16.7 Å². The number of amides is 1. The van der Waals surface area contributed by atoms with E-state index in [1.807, 2.05) is 30.3 Å². The van der Waals surface area contributed by atoms with E-state index in [9.17, 15) is 10.1 Å². The molecule has 0 spiro atoms. The SMILES string of the molecule is COc1ccc(CNC(=O)/C(C#N)=C/c2cc(Cl)c(OCc3ccc(Br)cc3)c(Cl)c2)c(OC)c1. The molecule has 0 saturated carbocycles. The van der Waals surface area contributed by atoms with Crippen molar-refractivity contribution in [3.63, 3.8) is 0 Å². The van der Waals surface area contributed by atoms with Crippen molar-refractivity contribution in [2.24, 2.45) is 0 Å². The standard InChI is InChI=1S/C26H21BrCl2N2O4/c1-33-21-8-5-18(24(12-21)34-2)14-31-26(32)19(13-30)9-17-10-22(28)25(23(29)11-17)35-15-16-3-6-20(27)7-4-16/h3-12H,14-15H2,1-2H3,(H,31,32)/b19-9+. The Labute approximate surface area is 222 Å². The Morgan fingerprint density at radius 3 is 2.34 bits per heavy atom. The molecule has 0 saturated heterocycles. The van der Waals surface area contributed by atoms with Crippen molar-refractivity contribution in [2.75, 3.05) is 14.2 Å². The van der Waals surface area contributed by atoms with Crippen molar-refractivity contribution in [1.29, 1.82) is 5.26 Å². The van der Waals surface area contributed by atoms with Gasteiger partial charge in [-0.2, -0.15) is 5.26 Å². The molecule has 3 aromatic carbocycles. The third kappa shape index (κ3) is 7.15. The minimum atomic E-state index is -0.548. The van der Waals surface area contributed by atoms with E-state index in [0.29, 0.717) is 22.8 Å². The molecular formula is C26H21BrCl2N2O4. The van der Waals surface area contributed by atoms with Gasteiger partial charge in [-0.15, -0.1) is 0 Å². The van der Waals surface area contributed by atoms with E-state index in [4.69, 9.17) is 37.4 Å². The summed E-state index contributed by atoms with van der Waals surface area (Å²) in [6.45, 7) is 0.442. The lowest BCUT2D eigenvalue weighted by Crippen LogP contribution is -2.24. The molecule has 0 bridgehead atoms. The third-order valence-electron chi connectivity index (χ3n) is 4.93. The number of nitriles is 1. The molecule has 0 fully saturated rings. The average Bonchev–Trinajstić information content (AvgIpc) is 2.86. The second kappa shape index (κ2) is 12.5. The quantitative estimate of drug-likeness (QED) is 0.230. The number of nitrogens with one attached hydrogen (secondary N) is 1. The van der Waals surface area contributed by atoms with Crippen molar-refractivity contribution in [3.05, 3.63) is 91.4 Å². The van der Waals surface area contributed by atoms with Crippen LogP contribution in [0.25, 0.3) is 6.08 Å². The Morgan fingerprint density at radius 2 is 1.74 bits per heavy atom. The lowest BCUT2D eigenvalue weighted by Gasteiger charge is -2.12. The van der Waals surface area contributed by atoms with Gasteiger partial charge in [0.05, 0.1) is 24.3 Å². The van der Waals surface area contributed by atoms with E-state index in [-0.39, 0.29) is 28.8 Å². The molecule has 1 N–H and O–H groups in total. The highest BCUT2D eigenvalue weighted by Crippen LogP contribution is 2.35. The van der Waals surface area contributed by atoms with Crippen molar-refractivity contribution in [1.82, 2.24) is 5.32 Å². The number of carbonyl (C=O) groups is 1. The van der Waals surface area contributed by atoms with Crippen LogP contribution in [0.2, 0.25) is 10.0 Å². The molecule has 0 unspecified atom stereocenters. The van der Waals surface area contributed by atoms with E-state index in [2.05, 4.69) is 21.2 Å². The number of methoxy groups -OCH3 is 2. The van der Waals surface area contributed by atoms with Gasteiger partial charge in [-0.1, -0.05) is 51.3 Å². The minimum absolute atomic E-state index is 0.104. The molecule has 0 atom stereocenters. The zero-order chi connectivity index (χ0) is 25.4. The normalized spacial score (nSPS) is 10.9. The molecule has 6 nitrogen and oxygen atoms in total. The summed E-state index contributed by atoms with van der Waals surface area (Å²) >= 11 is 16.1. The number of halogens is 3. The molecule has 35 heavy (non-hydrogen) atoms. The Morgan fingerprint density at radius 1 is 1.06 bits per heavy atom. The van der Waals surface area contributed by atoms with Gasteiger partial charge in [0.1, 0.15) is 29.7 Å². The predicted octanol–water partition coefficient (Wildman–Crippen LogP) is 6.58. The van der Waals surface area contributed by atoms with Gasteiger partial charge < -0.3 is 19.5 Å². The lowest BCUT2D eigenvalue weighted by atomic mass is 10.1. The van der Waals surface area contributed by atoms with Crippen LogP contribution in [0.15, 0.2) is 64.6 Å². The highest BCUT2D eigenvalue weighted by molar-refractivity contribution is 9.10. The number of benzene rings is 3. The van der Waals surface area contributed by atoms with Crippen molar-refractivity contribution >= 4 is 51.1 Å². The zero-order valence-electron chi connectivity index (χ0n) is 18.9. The van der Waals surface area contributed by atoms with Crippen LogP contribution in [0.4, 0.5) is 0 Å². The Kier molecular flexibility index (Phi) is 9.44. The van der Waals surface area contributed by atoms with Gasteiger partial charge in [-0.3, -0.25) is 4.79 Å². The maximum atomic E-state index is 12.6. The fourth-order valence-corrected chi connectivity index (χ4v) is 4.00. The van der Waals surface area contributed by atoms with Crippen LogP contribution in [-0.4, -0.2) is 20.1 Å². The number of rotatable bonds is 9. The molecule has 0 heterocycles. The van der Waals surface area contributed by atoms with Crippen LogP contribution >= 0.6 is 39.1 Å². The molecule has 3 rings (SSSR count). The summed E-state index contributed by atoms with van der Waals surface area (Å²) in [6, 6.07) is 18.0. The lowest BCUT2D eigenvalue weighted by molar-refractivity contribution is -0.117. The third-order valence-corrected chi connectivity index (χ3v) is 6.02. The second-order valence-electron chi connectivity index (χ2n) is 7.26. The minimum Gasteiger partial charge on any atom is -0.497 e. The van der Waals surface area contributed by atoms with Gasteiger partial charge >= 0.3 is 0 Å². The molecular weight excluding hydrogens is 555 g/mol. The van der Waals surface area contributed by atoms with Crippen LogP contribution in [0.5, 0.6) is 17.2 Å². The topological polar surface area (TPSA) is 80.6 Å². The summed E-state index contributed by atoms with van der Waals surface area (Å²) in [5.74, 6) is 0.966. The number of carbonyl (C=O) groups excluding carboxylic acids is 1. The van der Waals surface area contributed by atoms with E-state index >= 15 is 0 Å². The van der Waals surface area contributed by atoms with Gasteiger partial charge in [0.15, 0.2) is 5.75 Å². The molecule has 0 aliphatic heterocycles.